The summed E-state index contributed by atoms with van der Waals surface area (Å²) in [5.41, 5.74) is 3.85. The number of hydrogen-bond acceptors (Lipinski definition) is 4. The van der Waals surface area contributed by atoms with E-state index in [1.165, 1.54) is 15.4 Å². The Balaban J connectivity index is 1.27. The second-order valence-electron chi connectivity index (χ2n) is 10.4. The molecule has 2 aromatic rings. The lowest BCUT2D eigenvalue weighted by Crippen LogP contribution is -2.44. The number of aromatic amines is 1. The molecule has 8 nitrogen and oxygen atoms in total. The maximum atomic E-state index is 13.7. The second-order valence-corrected chi connectivity index (χ2v) is 12.3. The van der Waals surface area contributed by atoms with Gasteiger partial charge in [0.15, 0.2) is 0 Å². The molecule has 2 aliphatic heterocycles. The van der Waals surface area contributed by atoms with E-state index >= 15 is 0 Å². The molecule has 36 heavy (non-hydrogen) atoms. The van der Waals surface area contributed by atoms with Gasteiger partial charge < -0.3 is 15.2 Å². The SMILES string of the molecule is Cc1[nH]c(C)c(S(=O)(=O)N2CCC(C(=O)N[C@H]3CCCc4ccccc43)CC2)c1C(=O)N1CCCC1. The standard InChI is InChI=1S/C27H36N4O4S/c1-18-24(27(33)30-14-5-6-15-30)25(19(2)28-18)36(34,35)31-16-12-21(13-17-31)26(32)29-23-11-7-9-20-8-3-4-10-22(20)23/h3-4,8,10,21,23,28H,5-7,9,11-17H2,1-2H3,(H,29,32)/t23-/m0/s1. The highest BCUT2D eigenvalue weighted by atomic mass is 32.2. The molecular formula is C27H36N4O4S. The fourth-order valence-electron chi connectivity index (χ4n) is 6.10. The Labute approximate surface area is 213 Å². The molecule has 1 aromatic heterocycles. The molecule has 3 aliphatic rings. The minimum absolute atomic E-state index is 0.00678. The number of carbonyl (C=O) groups excluding carboxylic acids is 2. The fourth-order valence-corrected chi connectivity index (χ4v) is 7.98. The molecule has 2 amide bonds. The first-order valence-electron chi connectivity index (χ1n) is 13.1. The first-order chi connectivity index (χ1) is 17.3. The van der Waals surface area contributed by atoms with E-state index in [1.807, 2.05) is 12.1 Å². The number of benzene rings is 1. The van der Waals surface area contributed by atoms with E-state index in [1.54, 1.807) is 18.7 Å². The van der Waals surface area contributed by atoms with E-state index in [0.29, 0.717) is 37.3 Å². The lowest BCUT2D eigenvalue weighted by Gasteiger charge is -2.33. The molecule has 9 heteroatoms. The highest BCUT2D eigenvalue weighted by molar-refractivity contribution is 7.89. The second kappa shape index (κ2) is 10.0. The van der Waals surface area contributed by atoms with Crippen LogP contribution in [-0.2, 0) is 21.2 Å². The van der Waals surface area contributed by atoms with Gasteiger partial charge in [-0.15, -0.1) is 0 Å². The Kier molecular flexibility index (Phi) is 6.96. The van der Waals surface area contributed by atoms with Gasteiger partial charge in [-0.25, -0.2) is 8.42 Å². The number of H-pyrrole nitrogens is 1. The highest BCUT2D eigenvalue weighted by Crippen LogP contribution is 2.33. The van der Waals surface area contributed by atoms with Crippen molar-refractivity contribution in [2.45, 2.75) is 69.7 Å². The van der Waals surface area contributed by atoms with Crippen LogP contribution in [0.3, 0.4) is 0 Å². The summed E-state index contributed by atoms with van der Waals surface area (Å²) in [5, 5.41) is 3.24. The molecule has 1 aromatic carbocycles. The minimum atomic E-state index is -3.87. The van der Waals surface area contributed by atoms with Crippen molar-refractivity contribution >= 4 is 21.8 Å². The Morgan fingerprint density at radius 3 is 2.36 bits per heavy atom. The van der Waals surface area contributed by atoms with Crippen LogP contribution in [0.15, 0.2) is 29.2 Å². The zero-order valence-electron chi connectivity index (χ0n) is 21.2. The van der Waals surface area contributed by atoms with Crippen LogP contribution in [0, 0.1) is 19.8 Å². The molecule has 0 radical (unpaired) electrons. The number of fused-ring (bicyclic) bond motifs is 1. The Morgan fingerprint density at radius 2 is 1.64 bits per heavy atom. The van der Waals surface area contributed by atoms with Crippen molar-refractivity contribution in [3.05, 3.63) is 52.3 Å². The Hall–Kier alpha value is -2.65. The predicted octanol–water partition coefficient (Wildman–Crippen LogP) is 3.46. The van der Waals surface area contributed by atoms with Crippen LogP contribution >= 0.6 is 0 Å². The quantitative estimate of drug-likeness (QED) is 0.640. The molecule has 0 bridgehead atoms. The number of amides is 2. The first kappa shape index (κ1) is 25.0. The first-order valence-corrected chi connectivity index (χ1v) is 14.6. The molecule has 1 aliphatic carbocycles. The molecule has 0 unspecified atom stereocenters. The lowest BCUT2D eigenvalue weighted by molar-refractivity contribution is -0.127. The van der Waals surface area contributed by atoms with Crippen LogP contribution < -0.4 is 5.32 Å². The van der Waals surface area contributed by atoms with E-state index in [4.69, 9.17) is 0 Å². The van der Waals surface area contributed by atoms with E-state index in [-0.39, 0.29) is 47.3 Å². The van der Waals surface area contributed by atoms with Crippen molar-refractivity contribution in [3.63, 3.8) is 0 Å². The zero-order chi connectivity index (χ0) is 25.4. The third-order valence-electron chi connectivity index (χ3n) is 8.03. The molecular weight excluding hydrogens is 476 g/mol. The zero-order valence-corrected chi connectivity index (χ0v) is 22.0. The summed E-state index contributed by atoms with van der Waals surface area (Å²) in [6.45, 7) is 5.32. The number of piperidine rings is 1. The summed E-state index contributed by atoms with van der Waals surface area (Å²) in [4.78, 5) is 31.3. The number of aryl methyl sites for hydroxylation is 3. The van der Waals surface area contributed by atoms with Gasteiger partial charge in [0.25, 0.3) is 5.91 Å². The molecule has 5 rings (SSSR count). The number of carbonyl (C=O) groups is 2. The average Bonchev–Trinajstić information content (AvgIpc) is 3.52. The van der Waals surface area contributed by atoms with Crippen LogP contribution in [0.4, 0.5) is 0 Å². The molecule has 3 heterocycles. The van der Waals surface area contributed by atoms with E-state index in [9.17, 15) is 18.0 Å². The highest BCUT2D eigenvalue weighted by Gasteiger charge is 2.38. The summed E-state index contributed by atoms with van der Waals surface area (Å²) >= 11 is 0. The van der Waals surface area contributed by atoms with Crippen molar-refractivity contribution in [3.8, 4) is 0 Å². The van der Waals surface area contributed by atoms with Gasteiger partial charge in [0.1, 0.15) is 4.90 Å². The smallest absolute Gasteiger partial charge is 0.257 e. The van der Waals surface area contributed by atoms with Crippen LogP contribution in [0.2, 0.25) is 0 Å². The van der Waals surface area contributed by atoms with Gasteiger partial charge in [0.2, 0.25) is 15.9 Å². The maximum Gasteiger partial charge on any atom is 0.257 e. The topological polar surface area (TPSA) is 103 Å². The van der Waals surface area contributed by atoms with Crippen LogP contribution in [0.25, 0.3) is 0 Å². The largest absolute Gasteiger partial charge is 0.361 e. The van der Waals surface area contributed by atoms with Gasteiger partial charge in [-0.2, -0.15) is 4.31 Å². The van der Waals surface area contributed by atoms with Gasteiger partial charge in [-0.1, -0.05) is 24.3 Å². The summed E-state index contributed by atoms with van der Waals surface area (Å²) in [5.74, 6) is -0.424. The number of sulfonamides is 1. The summed E-state index contributed by atoms with van der Waals surface area (Å²) in [6.07, 6.45) is 5.84. The summed E-state index contributed by atoms with van der Waals surface area (Å²) in [6, 6.07) is 8.30. The molecule has 2 fully saturated rings. The predicted molar refractivity (Wildman–Crippen MR) is 137 cm³/mol. The van der Waals surface area contributed by atoms with Gasteiger partial charge in [0.05, 0.1) is 11.6 Å². The molecule has 2 N–H and O–H groups in total. The average molecular weight is 513 g/mol. The molecule has 194 valence electrons. The van der Waals surface area contributed by atoms with Gasteiger partial charge in [0, 0.05) is 43.5 Å². The number of nitrogens with zero attached hydrogens (tertiary/aromatic N) is 2. The molecule has 0 saturated carbocycles. The number of nitrogens with one attached hydrogen (secondary N) is 2. The van der Waals surface area contributed by atoms with Crippen LogP contribution in [0.5, 0.6) is 0 Å². The minimum Gasteiger partial charge on any atom is -0.361 e. The monoisotopic (exact) mass is 512 g/mol. The van der Waals surface area contributed by atoms with Crippen molar-refractivity contribution in [2.75, 3.05) is 26.2 Å². The lowest BCUT2D eigenvalue weighted by atomic mass is 9.87. The summed E-state index contributed by atoms with van der Waals surface area (Å²) < 4.78 is 28.9. The number of likely N-dealkylation sites (tertiary alicyclic amines) is 1. The number of rotatable bonds is 5. The van der Waals surface area contributed by atoms with Crippen molar-refractivity contribution in [1.29, 1.82) is 0 Å². The van der Waals surface area contributed by atoms with Crippen molar-refractivity contribution < 1.29 is 18.0 Å². The maximum absolute atomic E-state index is 13.7. The molecule has 0 spiro atoms. The number of aromatic nitrogens is 1. The van der Waals surface area contributed by atoms with E-state index in [2.05, 4.69) is 22.4 Å². The third-order valence-corrected chi connectivity index (χ3v) is 10.1. The molecule has 1 atom stereocenters. The van der Waals surface area contributed by atoms with Gasteiger partial charge >= 0.3 is 0 Å². The Morgan fingerprint density at radius 1 is 0.944 bits per heavy atom. The van der Waals surface area contributed by atoms with E-state index < -0.39 is 10.0 Å². The van der Waals surface area contributed by atoms with E-state index in [0.717, 1.165) is 32.1 Å². The molecule has 2 saturated heterocycles. The van der Waals surface area contributed by atoms with Crippen molar-refractivity contribution in [2.24, 2.45) is 5.92 Å². The normalized spacial score (nSPS) is 21.4. The fraction of sp³-hybridized carbons (Fsp3) is 0.556. The summed E-state index contributed by atoms with van der Waals surface area (Å²) in [7, 11) is -3.87. The van der Waals surface area contributed by atoms with Gasteiger partial charge in [-0.3, -0.25) is 9.59 Å². The van der Waals surface area contributed by atoms with Gasteiger partial charge in [-0.05, 0) is 69.9 Å². The number of hydrogen-bond donors (Lipinski definition) is 2. The Bertz CT molecular complexity index is 1250. The van der Waals surface area contributed by atoms with Crippen molar-refractivity contribution in [1.82, 2.24) is 19.5 Å². The van der Waals surface area contributed by atoms with Crippen LogP contribution in [-0.4, -0.2) is 60.6 Å². The third kappa shape index (κ3) is 4.59. The van der Waals surface area contributed by atoms with Crippen LogP contribution in [0.1, 0.15) is 77.4 Å².